The van der Waals surface area contributed by atoms with E-state index in [-0.39, 0.29) is 12.2 Å². The number of carbonyl (C=O) groups is 1. The van der Waals surface area contributed by atoms with Gasteiger partial charge in [-0.1, -0.05) is 12.2 Å². The number of rotatable bonds is 2. The molecule has 0 spiro atoms. The highest BCUT2D eigenvalue weighted by atomic mass is 19.3. The Balaban J connectivity index is 2.10. The number of carbonyl (C=O) groups excluding carboxylic acids is 1. The van der Waals surface area contributed by atoms with Crippen LogP contribution in [0.25, 0.3) is 0 Å². The van der Waals surface area contributed by atoms with Crippen LogP contribution in [-0.2, 0) is 14.3 Å². The molecule has 0 aromatic carbocycles. The molecule has 1 aliphatic carbocycles. The molecule has 3 unspecified atom stereocenters. The summed E-state index contributed by atoms with van der Waals surface area (Å²) < 4.78 is 36.7. The molecule has 0 aromatic heterocycles. The van der Waals surface area contributed by atoms with Gasteiger partial charge in [-0.3, -0.25) is 0 Å². The summed E-state index contributed by atoms with van der Waals surface area (Å²) in [6, 6.07) is 0. The molecule has 1 heterocycles. The van der Waals surface area contributed by atoms with E-state index < -0.39 is 23.9 Å². The molecular weight excluding hydrogens is 218 g/mol. The molecule has 0 bridgehead atoms. The van der Waals surface area contributed by atoms with Gasteiger partial charge in [-0.25, -0.2) is 4.79 Å². The number of halogens is 2. The van der Waals surface area contributed by atoms with Gasteiger partial charge in [0.2, 0.25) is 0 Å². The highest BCUT2D eigenvalue weighted by molar-refractivity contribution is 5.81. The smallest absolute Gasteiger partial charge is 0.378 e. The standard InChI is InChI=1S/C11H14F2O3/c1-6(2)15-7-3-4-8-9(5-7)16-10(14)11(8,12)13/h3-4,6-9H,5H2,1-2H3. The number of ether oxygens (including phenoxy) is 2. The predicted molar refractivity (Wildman–Crippen MR) is 52.1 cm³/mol. The van der Waals surface area contributed by atoms with Crippen LogP contribution in [0.1, 0.15) is 20.3 Å². The van der Waals surface area contributed by atoms with Gasteiger partial charge in [0.05, 0.1) is 18.1 Å². The van der Waals surface area contributed by atoms with Gasteiger partial charge in [-0.05, 0) is 13.8 Å². The van der Waals surface area contributed by atoms with Crippen LogP contribution in [0.5, 0.6) is 0 Å². The van der Waals surface area contributed by atoms with E-state index in [9.17, 15) is 13.6 Å². The molecule has 0 N–H and O–H groups in total. The fourth-order valence-corrected chi connectivity index (χ4v) is 2.10. The summed E-state index contributed by atoms with van der Waals surface area (Å²) in [7, 11) is 0. The third-order valence-corrected chi connectivity index (χ3v) is 2.79. The Hall–Kier alpha value is -0.970. The first-order valence-electron chi connectivity index (χ1n) is 5.34. The Morgan fingerprint density at radius 3 is 2.81 bits per heavy atom. The zero-order valence-electron chi connectivity index (χ0n) is 9.15. The van der Waals surface area contributed by atoms with Crippen LogP contribution < -0.4 is 0 Å². The lowest BCUT2D eigenvalue weighted by Gasteiger charge is -2.27. The minimum Gasteiger partial charge on any atom is -0.457 e. The van der Waals surface area contributed by atoms with Crippen molar-refractivity contribution in [1.82, 2.24) is 0 Å². The van der Waals surface area contributed by atoms with Gasteiger partial charge in [0, 0.05) is 6.42 Å². The van der Waals surface area contributed by atoms with Crippen molar-refractivity contribution in [1.29, 1.82) is 0 Å². The average molecular weight is 232 g/mol. The molecule has 0 amide bonds. The van der Waals surface area contributed by atoms with E-state index in [1.165, 1.54) is 6.08 Å². The normalized spacial score (nSPS) is 36.3. The number of hydrogen-bond donors (Lipinski definition) is 0. The molecule has 3 atom stereocenters. The molecule has 5 heteroatoms. The number of fused-ring (bicyclic) bond motifs is 1. The van der Waals surface area contributed by atoms with Crippen LogP contribution in [0.15, 0.2) is 12.2 Å². The highest BCUT2D eigenvalue weighted by Gasteiger charge is 2.59. The second-order valence-electron chi connectivity index (χ2n) is 4.44. The van der Waals surface area contributed by atoms with E-state index in [2.05, 4.69) is 4.74 Å². The molecule has 1 aliphatic heterocycles. The number of hydrogen-bond acceptors (Lipinski definition) is 3. The molecule has 1 saturated heterocycles. The van der Waals surface area contributed by atoms with Crippen molar-refractivity contribution in [2.45, 2.75) is 44.5 Å². The molecule has 90 valence electrons. The number of alkyl halides is 2. The first kappa shape index (κ1) is 11.5. The quantitative estimate of drug-likeness (QED) is 0.539. The summed E-state index contributed by atoms with van der Waals surface area (Å²) in [5.41, 5.74) is 0. The topological polar surface area (TPSA) is 35.5 Å². The monoisotopic (exact) mass is 232 g/mol. The molecule has 2 rings (SSSR count). The van der Waals surface area contributed by atoms with Crippen LogP contribution >= 0.6 is 0 Å². The molecule has 3 nitrogen and oxygen atoms in total. The van der Waals surface area contributed by atoms with Gasteiger partial charge in [0.1, 0.15) is 6.10 Å². The van der Waals surface area contributed by atoms with E-state index in [0.717, 1.165) is 0 Å². The van der Waals surface area contributed by atoms with Crippen molar-refractivity contribution >= 4 is 5.97 Å². The molecule has 2 aliphatic rings. The summed E-state index contributed by atoms with van der Waals surface area (Å²) in [6.45, 7) is 3.74. The maximum absolute atomic E-state index is 13.3. The predicted octanol–water partition coefficient (Wildman–Crippen LogP) is 1.92. The lowest BCUT2D eigenvalue weighted by Crippen LogP contribution is -2.35. The van der Waals surface area contributed by atoms with Crippen molar-refractivity contribution in [3.8, 4) is 0 Å². The van der Waals surface area contributed by atoms with Gasteiger partial charge in [0.15, 0.2) is 0 Å². The molecule has 0 saturated carbocycles. The van der Waals surface area contributed by atoms with Crippen LogP contribution in [0, 0.1) is 5.92 Å². The van der Waals surface area contributed by atoms with Gasteiger partial charge in [0.25, 0.3) is 0 Å². The molecule has 0 radical (unpaired) electrons. The van der Waals surface area contributed by atoms with Crippen molar-refractivity contribution < 1.29 is 23.0 Å². The Labute approximate surface area is 92.4 Å². The van der Waals surface area contributed by atoms with Gasteiger partial charge in [-0.2, -0.15) is 8.78 Å². The van der Waals surface area contributed by atoms with Crippen molar-refractivity contribution in [3.05, 3.63) is 12.2 Å². The van der Waals surface area contributed by atoms with Crippen molar-refractivity contribution in [2.75, 3.05) is 0 Å². The van der Waals surface area contributed by atoms with Crippen molar-refractivity contribution in [2.24, 2.45) is 5.92 Å². The second kappa shape index (κ2) is 3.80. The zero-order chi connectivity index (χ0) is 11.9. The van der Waals surface area contributed by atoms with E-state index in [1.54, 1.807) is 6.08 Å². The van der Waals surface area contributed by atoms with Crippen LogP contribution in [0.3, 0.4) is 0 Å². The fourth-order valence-electron chi connectivity index (χ4n) is 2.10. The summed E-state index contributed by atoms with van der Waals surface area (Å²) in [4.78, 5) is 10.9. The van der Waals surface area contributed by atoms with Gasteiger partial charge in [-0.15, -0.1) is 0 Å². The van der Waals surface area contributed by atoms with E-state index >= 15 is 0 Å². The Morgan fingerprint density at radius 1 is 1.50 bits per heavy atom. The van der Waals surface area contributed by atoms with Crippen LogP contribution in [0.4, 0.5) is 8.78 Å². The van der Waals surface area contributed by atoms with Gasteiger partial charge < -0.3 is 9.47 Å². The first-order valence-corrected chi connectivity index (χ1v) is 5.34. The summed E-state index contributed by atoms with van der Waals surface area (Å²) in [5.74, 6) is -5.94. The lowest BCUT2D eigenvalue weighted by atomic mass is 9.88. The molecule has 1 fully saturated rings. The van der Waals surface area contributed by atoms with Crippen LogP contribution in [-0.4, -0.2) is 30.2 Å². The Bertz CT molecular complexity index is 325. The lowest BCUT2D eigenvalue weighted by molar-refractivity contribution is -0.160. The van der Waals surface area contributed by atoms with E-state index in [1.807, 2.05) is 13.8 Å². The summed E-state index contributed by atoms with van der Waals surface area (Å²) in [5, 5.41) is 0. The van der Waals surface area contributed by atoms with Crippen LogP contribution in [0.2, 0.25) is 0 Å². The van der Waals surface area contributed by atoms with E-state index in [4.69, 9.17) is 4.74 Å². The third kappa shape index (κ3) is 1.84. The summed E-state index contributed by atoms with van der Waals surface area (Å²) in [6.07, 6.45) is 2.26. The molecule has 16 heavy (non-hydrogen) atoms. The van der Waals surface area contributed by atoms with E-state index in [0.29, 0.717) is 6.42 Å². The maximum atomic E-state index is 13.3. The zero-order valence-corrected chi connectivity index (χ0v) is 9.15. The fraction of sp³-hybridized carbons (Fsp3) is 0.727. The maximum Gasteiger partial charge on any atom is 0.378 e. The SMILES string of the molecule is CC(C)OC1C=CC2C(C1)OC(=O)C2(F)F. The highest BCUT2D eigenvalue weighted by Crippen LogP contribution is 2.42. The Kier molecular flexibility index (Phi) is 2.74. The molecular formula is C11H14F2O3. The average Bonchev–Trinajstić information content (AvgIpc) is 2.36. The minimum atomic E-state index is -3.38. The largest absolute Gasteiger partial charge is 0.457 e. The number of esters is 1. The van der Waals surface area contributed by atoms with Gasteiger partial charge >= 0.3 is 11.9 Å². The summed E-state index contributed by atoms with van der Waals surface area (Å²) >= 11 is 0. The third-order valence-electron chi connectivity index (χ3n) is 2.79. The first-order chi connectivity index (χ1) is 7.41. The Morgan fingerprint density at radius 2 is 2.19 bits per heavy atom. The minimum absolute atomic E-state index is 0.0174. The van der Waals surface area contributed by atoms with Crippen molar-refractivity contribution in [3.63, 3.8) is 0 Å². The second-order valence-corrected chi connectivity index (χ2v) is 4.44. The molecule has 0 aromatic rings.